The molecule has 1 N–H and O–H groups in total. The van der Waals surface area contributed by atoms with Gasteiger partial charge in [0.15, 0.2) is 4.34 Å². The van der Waals surface area contributed by atoms with Crippen molar-refractivity contribution in [3.8, 4) is 5.75 Å². The number of fused-ring (bicyclic) bond motifs is 1. The lowest BCUT2D eigenvalue weighted by molar-refractivity contribution is -0.113. The van der Waals surface area contributed by atoms with E-state index in [9.17, 15) is 9.59 Å². The van der Waals surface area contributed by atoms with Crippen molar-refractivity contribution in [2.45, 2.75) is 11.3 Å². The lowest BCUT2D eigenvalue weighted by Gasteiger charge is -2.07. The highest BCUT2D eigenvalue weighted by molar-refractivity contribution is 8.01. The van der Waals surface area contributed by atoms with Crippen molar-refractivity contribution in [2.75, 3.05) is 18.2 Å². The molecule has 0 bridgehead atoms. The first-order valence-corrected chi connectivity index (χ1v) is 9.15. The molecule has 0 aliphatic carbocycles. The molecule has 8 nitrogen and oxygen atoms in total. The van der Waals surface area contributed by atoms with Crippen molar-refractivity contribution >= 4 is 51.3 Å². The fourth-order valence-electron chi connectivity index (χ4n) is 1.90. The Bertz CT molecular complexity index is 1000. The molecule has 0 aliphatic heterocycles. The first-order valence-electron chi connectivity index (χ1n) is 6.97. The predicted molar refractivity (Wildman–Crippen MR) is 97.0 cm³/mol. The summed E-state index contributed by atoms with van der Waals surface area (Å²) in [7, 11) is 1.52. The molecule has 0 radical (unpaired) electrons. The smallest absolute Gasteiger partial charge is 0.296 e. The Hall–Kier alpha value is -2.17. The molecule has 0 saturated carbocycles. The zero-order valence-corrected chi connectivity index (χ0v) is 15.5. The molecule has 2 aromatic heterocycles. The van der Waals surface area contributed by atoms with E-state index in [4.69, 9.17) is 16.3 Å². The van der Waals surface area contributed by atoms with Crippen LogP contribution in [0, 0.1) is 6.92 Å². The highest BCUT2D eigenvalue weighted by Gasteiger charge is 2.12. The number of halogens is 1. The van der Waals surface area contributed by atoms with Crippen molar-refractivity contribution in [2.24, 2.45) is 0 Å². The molecule has 11 heteroatoms. The second-order valence-electron chi connectivity index (χ2n) is 4.84. The van der Waals surface area contributed by atoms with Crippen molar-refractivity contribution in [3.05, 3.63) is 39.3 Å². The quantitative estimate of drug-likeness (QED) is 0.659. The summed E-state index contributed by atoms with van der Waals surface area (Å²) < 4.78 is 6.81. The molecule has 25 heavy (non-hydrogen) atoms. The number of methoxy groups -OCH3 is 1. The minimum Gasteiger partial charge on any atom is -0.495 e. The number of nitrogens with one attached hydrogen (secondary N) is 1. The van der Waals surface area contributed by atoms with Gasteiger partial charge in [0.05, 0.1) is 17.9 Å². The topological polar surface area (TPSA) is 98.5 Å². The van der Waals surface area contributed by atoms with Crippen molar-refractivity contribution < 1.29 is 9.53 Å². The number of benzene rings is 1. The summed E-state index contributed by atoms with van der Waals surface area (Å²) in [6.45, 7) is 1.57. The lowest BCUT2D eigenvalue weighted by atomic mass is 10.3. The fraction of sp³-hybridized carbons (Fsp3) is 0.214. The predicted octanol–water partition coefficient (Wildman–Crippen LogP) is 2.25. The number of hydrogen-bond donors (Lipinski definition) is 1. The first kappa shape index (κ1) is 17.6. The van der Waals surface area contributed by atoms with Gasteiger partial charge in [-0.3, -0.25) is 9.59 Å². The number of anilines is 1. The highest BCUT2D eigenvalue weighted by atomic mass is 35.5. The number of thioether (sulfide) groups is 1. The highest BCUT2D eigenvalue weighted by Crippen LogP contribution is 2.28. The molecule has 130 valence electrons. The molecular weight excluding hydrogens is 386 g/mol. The van der Waals surface area contributed by atoms with Gasteiger partial charge in [-0.05, 0) is 25.1 Å². The van der Waals surface area contributed by atoms with Gasteiger partial charge in [0.1, 0.15) is 11.4 Å². The van der Waals surface area contributed by atoms with Gasteiger partial charge in [-0.15, -0.1) is 15.3 Å². The van der Waals surface area contributed by atoms with E-state index in [0.29, 0.717) is 25.8 Å². The molecule has 1 amide bonds. The molecule has 0 spiro atoms. The molecule has 3 aromatic rings. The molecule has 2 heterocycles. The monoisotopic (exact) mass is 397 g/mol. The maximum Gasteiger partial charge on any atom is 0.296 e. The zero-order chi connectivity index (χ0) is 18.0. The van der Waals surface area contributed by atoms with Gasteiger partial charge < -0.3 is 10.1 Å². The number of ether oxygens (including phenoxy) is 1. The van der Waals surface area contributed by atoms with Crippen LogP contribution < -0.4 is 15.6 Å². The summed E-state index contributed by atoms with van der Waals surface area (Å²) in [6.07, 6.45) is 0. The van der Waals surface area contributed by atoms with Crippen molar-refractivity contribution in [1.82, 2.24) is 19.8 Å². The molecule has 0 atom stereocenters. The summed E-state index contributed by atoms with van der Waals surface area (Å²) in [5.74, 6) is 0.440. The number of carbonyl (C=O) groups excluding carboxylic acids is 1. The molecular formula is C14H12ClN5O3S2. The van der Waals surface area contributed by atoms with Crippen molar-refractivity contribution in [1.29, 1.82) is 0 Å². The number of rotatable bonds is 5. The van der Waals surface area contributed by atoms with E-state index in [-0.39, 0.29) is 22.9 Å². The van der Waals surface area contributed by atoms with E-state index in [1.165, 1.54) is 34.7 Å². The number of aryl methyl sites for hydroxylation is 1. The van der Waals surface area contributed by atoms with Crippen LogP contribution in [-0.2, 0) is 4.79 Å². The van der Waals surface area contributed by atoms with Gasteiger partial charge in [0.2, 0.25) is 10.9 Å². The second-order valence-corrected chi connectivity index (χ2v) is 7.42. The van der Waals surface area contributed by atoms with Crippen LogP contribution in [0.5, 0.6) is 5.75 Å². The standard InChI is InChI=1S/C14H12ClN5O3S2/c1-7-12(22)20-13(18-17-7)25-14(19-20)24-6-11(21)16-8-3-4-10(23-2)9(15)5-8/h3-5H,6H2,1-2H3,(H,16,21). The number of carbonyl (C=O) groups is 1. The Morgan fingerprint density at radius 3 is 2.96 bits per heavy atom. The van der Waals surface area contributed by atoms with Crippen LogP contribution in [0.15, 0.2) is 27.3 Å². The fourth-order valence-corrected chi connectivity index (χ4v) is 3.83. The van der Waals surface area contributed by atoms with E-state index >= 15 is 0 Å². The second kappa shape index (κ2) is 7.38. The van der Waals surface area contributed by atoms with Crippen LogP contribution >= 0.6 is 34.7 Å². The van der Waals surface area contributed by atoms with Gasteiger partial charge in [0, 0.05) is 5.69 Å². The Balaban J connectivity index is 1.65. The summed E-state index contributed by atoms with van der Waals surface area (Å²) in [4.78, 5) is 24.3. The number of nitrogens with zero attached hydrogens (tertiary/aromatic N) is 4. The molecule has 0 fully saturated rings. The van der Waals surface area contributed by atoms with Crippen LogP contribution in [0.1, 0.15) is 5.69 Å². The van der Waals surface area contributed by atoms with Crippen LogP contribution in [0.2, 0.25) is 5.02 Å². The maximum atomic E-state index is 12.1. The van der Waals surface area contributed by atoms with Crippen LogP contribution in [0.25, 0.3) is 4.96 Å². The van der Waals surface area contributed by atoms with E-state index in [1.54, 1.807) is 25.1 Å². The van der Waals surface area contributed by atoms with E-state index < -0.39 is 0 Å². The molecule has 0 aliphatic rings. The normalized spacial score (nSPS) is 10.8. The van der Waals surface area contributed by atoms with Crippen LogP contribution in [0.4, 0.5) is 5.69 Å². The Morgan fingerprint density at radius 2 is 2.24 bits per heavy atom. The largest absolute Gasteiger partial charge is 0.495 e. The minimum atomic E-state index is -0.314. The maximum absolute atomic E-state index is 12.1. The van der Waals surface area contributed by atoms with E-state index in [0.717, 1.165) is 0 Å². The van der Waals surface area contributed by atoms with Gasteiger partial charge in [-0.1, -0.05) is 34.7 Å². The molecule has 1 aromatic carbocycles. The van der Waals surface area contributed by atoms with Gasteiger partial charge in [-0.25, -0.2) is 0 Å². The Kier molecular flexibility index (Phi) is 5.21. The summed E-state index contributed by atoms with van der Waals surface area (Å²) in [6, 6.07) is 4.98. The lowest BCUT2D eigenvalue weighted by Crippen LogP contribution is -2.19. The third-order valence-corrected chi connectivity index (χ3v) is 5.42. The van der Waals surface area contributed by atoms with Gasteiger partial charge >= 0.3 is 0 Å². The van der Waals surface area contributed by atoms with Gasteiger partial charge in [0.25, 0.3) is 5.56 Å². The molecule has 0 saturated heterocycles. The minimum absolute atomic E-state index is 0.130. The number of hydrogen-bond acceptors (Lipinski definition) is 8. The van der Waals surface area contributed by atoms with Crippen LogP contribution in [-0.4, -0.2) is 38.6 Å². The third-order valence-electron chi connectivity index (χ3n) is 3.09. The van der Waals surface area contributed by atoms with Gasteiger partial charge in [-0.2, -0.15) is 4.52 Å². The Morgan fingerprint density at radius 1 is 1.44 bits per heavy atom. The van der Waals surface area contributed by atoms with E-state index in [2.05, 4.69) is 20.6 Å². The SMILES string of the molecule is COc1ccc(NC(=O)CSc2nn3c(=O)c(C)nnc3s2)cc1Cl. The van der Waals surface area contributed by atoms with E-state index in [1.807, 2.05) is 0 Å². The first-order chi connectivity index (χ1) is 12.0. The van der Waals surface area contributed by atoms with Crippen molar-refractivity contribution in [3.63, 3.8) is 0 Å². The number of aromatic nitrogens is 4. The van der Waals surface area contributed by atoms with Crippen LogP contribution in [0.3, 0.4) is 0 Å². The third kappa shape index (κ3) is 3.91. The zero-order valence-electron chi connectivity index (χ0n) is 13.1. The Labute approximate surface area is 155 Å². The summed E-state index contributed by atoms with van der Waals surface area (Å²) in [5, 5.41) is 15.0. The summed E-state index contributed by atoms with van der Waals surface area (Å²) >= 11 is 8.43. The number of amides is 1. The molecule has 0 unspecified atom stereocenters. The average Bonchev–Trinajstić information content (AvgIpc) is 3.01. The molecule has 3 rings (SSSR count). The average molecular weight is 398 g/mol. The summed E-state index contributed by atoms with van der Waals surface area (Å²) in [5.41, 5.74) is 0.525.